The minimum absolute atomic E-state index is 0.254. The highest BCUT2D eigenvalue weighted by molar-refractivity contribution is 5.72. The predicted molar refractivity (Wildman–Crippen MR) is 64.3 cm³/mol. The number of aromatic nitrogens is 1. The van der Waals surface area contributed by atoms with Crippen LogP contribution in [0.5, 0.6) is 0 Å². The van der Waals surface area contributed by atoms with Gasteiger partial charge in [0.2, 0.25) is 0 Å². The predicted octanol–water partition coefficient (Wildman–Crippen LogP) is 2.99. The van der Waals surface area contributed by atoms with Crippen LogP contribution in [-0.4, -0.2) is 4.57 Å². The first-order valence-corrected chi connectivity index (χ1v) is 5.70. The van der Waals surface area contributed by atoms with E-state index >= 15 is 0 Å². The van der Waals surface area contributed by atoms with Crippen molar-refractivity contribution in [3.63, 3.8) is 0 Å². The lowest BCUT2D eigenvalue weighted by Gasteiger charge is -2.01. The first-order chi connectivity index (χ1) is 7.83. The number of fused-ring (bicyclic) bond motifs is 1. The summed E-state index contributed by atoms with van der Waals surface area (Å²) in [7, 11) is 0. The number of para-hydroxylation sites is 2. The van der Waals surface area contributed by atoms with Crippen LogP contribution in [0, 0.1) is 6.92 Å². The summed E-state index contributed by atoms with van der Waals surface area (Å²) in [6.45, 7) is 4.53. The van der Waals surface area contributed by atoms with Gasteiger partial charge in [0.1, 0.15) is 0 Å². The van der Waals surface area contributed by atoms with Crippen molar-refractivity contribution in [2.75, 3.05) is 0 Å². The van der Waals surface area contributed by atoms with Gasteiger partial charge in [0.15, 0.2) is 5.58 Å². The lowest BCUT2D eigenvalue weighted by Crippen LogP contribution is -2.13. The third-order valence-electron chi connectivity index (χ3n) is 2.71. The molecule has 0 aliphatic heterocycles. The molecule has 0 unspecified atom stereocenters. The van der Waals surface area contributed by atoms with Gasteiger partial charge in [-0.2, -0.15) is 0 Å². The van der Waals surface area contributed by atoms with Crippen LogP contribution in [0.4, 0.5) is 0 Å². The smallest absolute Gasteiger partial charge is 0.408 e. The number of rotatable bonds is 5. The minimum atomic E-state index is -0.254. The first-order valence-electron chi connectivity index (χ1n) is 5.70. The summed E-state index contributed by atoms with van der Waals surface area (Å²) in [4.78, 5) is 11.6. The highest BCUT2D eigenvalue weighted by Gasteiger charge is 2.06. The Bertz CT molecular complexity index is 510. The highest BCUT2D eigenvalue weighted by Crippen LogP contribution is 2.12. The summed E-state index contributed by atoms with van der Waals surface area (Å²) in [5.74, 6) is -0.254. The summed E-state index contributed by atoms with van der Waals surface area (Å²) in [6, 6.07) is 7.53. The molecule has 0 atom stereocenters. The van der Waals surface area contributed by atoms with E-state index in [4.69, 9.17) is 4.42 Å². The number of benzene rings is 1. The number of hydrogen-bond donors (Lipinski definition) is 0. The van der Waals surface area contributed by atoms with E-state index in [1.807, 2.05) is 24.3 Å². The summed E-state index contributed by atoms with van der Waals surface area (Å²) in [5, 5.41) is 0. The molecule has 2 aromatic rings. The van der Waals surface area contributed by atoms with E-state index in [0.717, 1.165) is 37.7 Å². The van der Waals surface area contributed by atoms with Crippen LogP contribution in [0.25, 0.3) is 11.1 Å². The van der Waals surface area contributed by atoms with Crippen LogP contribution in [0.2, 0.25) is 0 Å². The summed E-state index contributed by atoms with van der Waals surface area (Å²) in [5.41, 5.74) is 1.56. The molecule has 85 valence electrons. The summed E-state index contributed by atoms with van der Waals surface area (Å²) >= 11 is 0. The molecular formula is C13H16NO2. The number of unbranched alkanes of at least 4 members (excludes halogenated alkanes) is 3. The van der Waals surface area contributed by atoms with Crippen LogP contribution < -0.4 is 5.76 Å². The largest absolute Gasteiger partial charge is 0.419 e. The van der Waals surface area contributed by atoms with Crippen molar-refractivity contribution in [1.82, 2.24) is 4.57 Å². The molecular weight excluding hydrogens is 202 g/mol. The lowest BCUT2D eigenvalue weighted by atomic mass is 10.2. The zero-order chi connectivity index (χ0) is 11.4. The average molecular weight is 218 g/mol. The second-order valence-electron chi connectivity index (χ2n) is 3.90. The molecule has 0 bridgehead atoms. The quantitative estimate of drug-likeness (QED) is 0.723. The standard InChI is InChI=1S/C13H16NO2/c1-2-3-4-7-10-14-11-8-5-6-9-12(11)16-13(14)15/h5-6,8-9H,1-4,7,10H2. The SMILES string of the molecule is [CH2]CCCCCn1c(=O)oc2ccccc21. The molecule has 0 N–H and O–H groups in total. The maximum atomic E-state index is 11.6. The van der Waals surface area contributed by atoms with E-state index in [-0.39, 0.29) is 5.76 Å². The van der Waals surface area contributed by atoms with Crippen molar-refractivity contribution in [1.29, 1.82) is 0 Å². The number of oxazole rings is 1. The van der Waals surface area contributed by atoms with E-state index in [0.29, 0.717) is 5.58 Å². The Balaban J connectivity index is 2.16. The van der Waals surface area contributed by atoms with Gasteiger partial charge in [0, 0.05) is 6.54 Å². The third kappa shape index (κ3) is 2.18. The second-order valence-corrected chi connectivity index (χ2v) is 3.90. The summed E-state index contributed by atoms with van der Waals surface area (Å²) < 4.78 is 6.86. The summed E-state index contributed by atoms with van der Waals surface area (Å²) in [6.07, 6.45) is 4.18. The molecule has 3 heteroatoms. The normalized spacial score (nSPS) is 11.1. The molecule has 2 rings (SSSR count). The lowest BCUT2D eigenvalue weighted by molar-refractivity contribution is 0.490. The Morgan fingerprint density at radius 2 is 2.00 bits per heavy atom. The van der Waals surface area contributed by atoms with E-state index in [2.05, 4.69) is 6.92 Å². The minimum Gasteiger partial charge on any atom is -0.408 e. The van der Waals surface area contributed by atoms with E-state index in [1.54, 1.807) is 4.57 Å². The number of hydrogen-bond acceptors (Lipinski definition) is 2. The van der Waals surface area contributed by atoms with Gasteiger partial charge in [-0.1, -0.05) is 38.3 Å². The zero-order valence-electron chi connectivity index (χ0n) is 9.32. The molecule has 0 aliphatic rings. The zero-order valence-corrected chi connectivity index (χ0v) is 9.32. The molecule has 3 nitrogen and oxygen atoms in total. The van der Waals surface area contributed by atoms with E-state index in [9.17, 15) is 4.79 Å². The van der Waals surface area contributed by atoms with Gasteiger partial charge >= 0.3 is 5.76 Å². The van der Waals surface area contributed by atoms with Gasteiger partial charge in [0.25, 0.3) is 0 Å². The monoisotopic (exact) mass is 218 g/mol. The molecule has 0 spiro atoms. The Morgan fingerprint density at radius 3 is 2.81 bits per heavy atom. The van der Waals surface area contributed by atoms with Gasteiger partial charge in [-0.25, -0.2) is 4.79 Å². The Kier molecular flexibility index (Phi) is 3.44. The molecule has 0 fully saturated rings. The molecule has 0 saturated carbocycles. The molecule has 1 aromatic heterocycles. The molecule has 0 saturated heterocycles. The maximum absolute atomic E-state index is 11.6. The van der Waals surface area contributed by atoms with Gasteiger partial charge in [-0.3, -0.25) is 4.57 Å². The van der Waals surface area contributed by atoms with Crippen molar-refractivity contribution < 1.29 is 4.42 Å². The van der Waals surface area contributed by atoms with E-state index in [1.165, 1.54) is 0 Å². The van der Waals surface area contributed by atoms with Crippen LogP contribution in [0.1, 0.15) is 25.7 Å². The fourth-order valence-corrected chi connectivity index (χ4v) is 1.85. The van der Waals surface area contributed by atoms with Crippen LogP contribution in [-0.2, 0) is 6.54 Å². The second kappa shape index (κ2) is 5.01. The first kappa shape index (κ1) is 11.0. The van der Waals surface area contributed by atoms with Crippen molar-refractivity contribution in [2.24, 2.45) is 0 Å². The number of aryl methyl sites for hydroxylation is 1. The fourth-order valence-electron chi connectivity index (χ4n) is 1.85. The molecule has 0 amide bonds. The maximum Gasteiger partial charge on any atom is 0.419 e. The molecule has 1 heterocycles. The Morgan fingerprint density at radius 1 is 1.19 bits per heavy atom. The molecule has 1 aromatic carbocycles. The molecule has 1 radical (unpaired) electrons. The van der Waals surface area contributed by atoms with Crippen LogP contribution in [0.3, 0.4) is 0 Å². The highest BCUT2D eigenvalue weighted by atomic mass is 16.4. The Hall–Kier alpha value is -1.51. The van der Waals surface area contributed by atoms with Crippen LogP contribution >= 0.6 is 0 Å². The molecule has 16 heavy (non-hydrogen) atoms. The van der Waals surface area contributed by atoms with Crippen molar-refractivity contribution in [2.45, 2.75) is 32.2 Å². The van der Waals surface area contributed by atoms with Crippen molar-refractivity contribution >= 4 is 11.1 Å². The van der Waals surface area contributed by atoms with Gasteiger partial charge in [-0.05, 0) is 18.6 Å². The average Bonchev–Trinajstić information content (AvgIpc) is 2.61. The number of nitrogens with zero attached hydrogens (tertiary/aromatic N) is 1. The van der Waals surface area contributed by atoms with E-state index < -0.39 is 0 Å². The Labute approximate surface area is 94.7 Å². The van der Waals surface area contributed by atoms with Crippen molar-refractivity contribution in [3.8, 4) is 0 Å². The van der Waals surface area contributed by atoms with Gasteiger partial charge < -0.3 is 4.42 Å². The topological polar surface area (TPSA) is 35.1 Å². The van der Waals surface area contributed by atoms with Crippen LogP contribution in [0.15, 0.2) is 33.5 Å². The van der Waals surface area contributed by atoms with Crippen molar-refractivity contribution in [3.05, 3.63) is 41.7 Å². The van der Waals surface area contributed by atoms with Gasteiger partial charge in [-0.15, -0.1) is 0 Å². The van der Waals surface area contributed by atoms with Gasteiger partial charge in [0.05, 0.1) is 5.52 Å². The molecule has 0 aliphatic carbocycles. The fraction of sp³-hybridized carbons (Fsp3) is 0.385. The third-order valence-corrected chi connectivity index (χ3v) is 2.71.